The largest absolute Gasteiger partial charge is 0.349 e. The Morgan fingerprint density at radius 1 is 1.24 bits per heavy atom. The molecule has 1 aliphatic heterocycles. The van der Waals surface area contributed by atoms with Crippen molar-refractivity contribution in [2.75, 3.05) is 18.8 Å². The molecule has 2 aliphatic rings. The lowest BCUT2D eigenvalue weighted by atomic mass is 9.97. The Bertz CT molecular complexity index is 920. The summed E-state index contributed by atoms with van der Waals surface area (Å²) in [4.78, 5) is 36.0. The van der Waals surface area contributed by atoms with Crippen LogP contribution in [0.2, 0.25) is 0 Å². The number of hydrogen-bond donors (Lipinski definition) is 0. The van der Waals surface area contributed by atoms with E-state index in [1.807, 2.05) is 17.0 Å². The second kappa shape index (κ2) is 9.11. The third kappa shape index (κ3) is 4.71. The maximum atomic E-state index is 12.8. The van der Waals surface area contributed by atoms with Crippen LogP contribution in [0.4, 0.5) is 0 Å². The zero-order chi connectivity index (χ0) is 20.2. The number of amides is 1. The molecule has 1 saturated heterocycles. The molecule has 0 unspecified atom stereocenters. The van der Waals surface area contributed by atoms with Crippen molar-refractivity contribution in [3.63, 3.8) is 0 Å². The molecule has 29 heavy (non-hydrogen) atoms. The van der Waals surface area contributed by atoms with Crippen LogP contribution in [0.25, 0.3) is 0 Å². The Morgan fingerprint density at radius 3 is 2.79 bits per heavy atom. The fraction of sp³-hybridized carbons (Fsp3) is 0.545. The molecule has 2 aromatic heterocycles. The molecule has 3 heterocycles. The van der Waals surface area contributed by atoms with Gasteiger partial charge in [-0.3, -0.25) is 14.3 Å². The van der Waals surface area contributed by atoms with Crippen LogP contribution in [-0.2, 0) is 24.2 Å². The van der Waals surface area contributed by atoms with Gasteiger partial charge in [-0.2, -0.15) is 4.98 Å². The number of thioether (sulfide) groups is 1. The maximum Gasteiger partial charge on any atom is 0.349 e. The quantitative estimate of drug-likeness (QED) is 0.558. The van der Waals surface area contributed by atoms with Crippen molar-refractivity contribution < 1.29 is 4.79 Å². The molecule has 1 fully saturated rings. The molecule has 1 aliphatic carbocycles. The summed E-state index contributed by atoms with van der Waals surface area (Å²) in [5, 5.41) is 0.755. The molecule has 0 spiro atoms. The molecule has 7 heteroatoms. The van der Waals surface area contributed by atoms with Gasteiger partial charge in [0.25, 0.3) is 0 Å². The Balaban J connectivity index is 1.53. The topological polar surface area (TPSA) is 68.1 Å². The molecule has 0 N–H and O–H groups in total. The number of fused-ring (bicyclic) bond motifs is 1. The highest BCUT2D eigenvalue weighted by molar-refractivity contribution is 7.99. The third-order valence-corrected chi connectivity index (χ3v) is 6.99. The normalized spacial score (nSPS) is 17.2. The summed E-state index contributed by atoms with van der Waals surface area (Å²) in [6.45, 7) is 4.43. The molecule has 0 aromatic carbocycles. The lowest BCUT2D eigenvalue weighted by molar-refractivity contribution is -0.129. The van der Waals surface area contributed by atoms with E-state index in [1.165, 1.54) is 11.8 Å². The van der Waals surface area contributed by atoms with Crippen LogP contribution in [0.1, 0.15) is 49.4 Å². The fourth-order valence-corrected chi connectivity index (χ4v) is 5.16. The Kier molecular flexibility index (Phi) is 6.33. The van der Waals surface area contributed by atoms with Crippen molar-refractivity contribution in [2.24, 2.45) is 5.92 Å². The summed E-state index contributed by atoms with van der Waals surface area (Å²) in [6, 6.07) is 3.87. The van der Waals surface area contributed by atoms with E-state index in [4.69, 9.17) is 0 Å². The Hall–Kier alpha value is -2.15. The number of carbonyl (C=O) groups is 1. The maximum absolute atomic E-state index is 12.8. The number of pyridine rings is 1. The van der Waals surface area contributed by atoms with Gasteiger partial charge in [0, 0.05) is 36.7 Å². The first-order valence-electron chi connectivity index (χ1n) is 10.5. The first-order chi connectivity index (χ1) is 14.1. The van der Waals surface area contributed by atoms with E-state index < -0.39 is 0 Å². The molecule has 1 amide bonds. The fourth-order valence-electron chi connectivity index (χ4n) is 4.18. The van der Waals surface area contributed by atoms with Gasteiger partial charge < -0.3 is 4.90 Å². The van der Waals surface area contributed by atoms with Gasteiger partial charge in [-0.15, -0.1) is 0 Å². The van der Waals surface area contributed by atoms with Crippen LogP contribution >= 0.6 is 11.8 Å². The molecule has 4 rings (SSSR count). The second-order valence-corrected chi connectivity index (χ2v) is 9.10. The molecule has 6 nitrogen and oxygen atoms in total. The number of likely N-dealkylation sites (tertiary alicyclic amines) is 1. The van der Waals surface area contributed by atoms with Crippen LogP contribution in [0.15, 0.2) is 34.3 Å². The van der Waals surface area contributed by atoms with Crippen molar-refractivity contribution in [1.82, 2.24) is 19.4 Å². The number of carbonyl (C=O) groups excluding carboxylic acids is 1. The summed E-state index contributed by atoms with van der Waals surface area (Å²) in [5.74, 6) is 1.22. The van der Waals surface area contributed by atoms with Gasteiger partial charge in [0.15, 0.2) is 0 Å². The summed E-state index contributed by atoms with van der Waals surface area (Å²) >= 11 is 1.44. The standard InChI is InChI=1S/C22H28N4O2S/c1-16-8-11-25(12-9-16)20(27)15-29-21-18-6-2-3-7-19(18)26(22(28)24-21)14-17-5-4-10-23-13-17/h4-5,10,13,16H,2-3,6-9,11-12,14-15H2,1H3. The lowest BCUT2D eigenvalue weighted by Gasteiger charge is -2.30. The van der Waals surface area contributed by atoms with E-state index in [0.29, 0.717) is 18.2 Å². The summed E-state index contributed by atoms with van der Waals surface area (Å²) in [5.41, 5.74) is 3.02. The van der Waals surface area contributed by atoms with Crippen molar-refractivity contribution in [2.45, 2.75) is 57.0 Å². The minimum atomic E-state index is -0.226. The lowest BCUT2D eigenvalue weighted by Crippen LogP contribution is -2.39. The van der Waals surface area contributed by atoms with E-state index in [2.05, 4.69) is 16.9 Å². The molecule has 154 valence electrons. The minimum Gasteiger partial charge on any atom is -0.342 e. The van der Waals surface area contributed by atoms with Crippen molar-refractivity contribution in [3.8, 4) is 0 Å². The third-order valence-electron chi connectivity index (χ3n) is 5.98. The highest BCUT2D eigenvalue weighted by atomic mass is 32.2. The smallest absolute Gasteiger partial charge is 0.342 e. The molecule has 2 aromatic rings. The molecule has 0 saturated carbocycles. The van der Waals surface area contributed by atoms with E-state index in [0.717, 1.165) is 73.5 Å². The summed E-state index contributed by atoms with van der Waals surface area (Å²) < 4.78 is 1.80. The molecule has 0 radical (unpaired) electrons. The molecular weight excluding hydrogens is 384 g/mol. The number of hydrogen-bond acceptors (Lipinski definition) is 5. The average Bonchev–Trinajstić information content (AvgIpc) is 2.75. The number of rotatable bonds is 5. The van der Waals surface area contributed by atoms with Crippen molar-refractivity contribution >= 4 is 17.7 Å². The average molecular weight is 413 g/mol. The highest BCUT2D eigenvalue weighted by Gasteiger charge is 2.24. The van der Waals surface area contributed by atoms with Crippen LogP contribution in [0.5, 0.6) is 0 Å². The number of piperidine rings is 1. The number of nitrogens with zero attached hydrogens (tertiary/aromatic N) is 4. The molecular formula is C22H28N4O2S. The Morgan fingerprint density at radius 2 is 2.03 bits per heavy atom. The first-order valence-corrected chi connectivity index (χ1v) is 11.5. The minimum absolute atomic E-state index is 0.160. The van der Waals surface area contributed by atoms with Crippen LogP contribution in [0.3, 0.4) is 0 Å². The molecule has 0 bridgehead atoms. The predicted molar refractivity (Wildman–Crippen MR) is 114 cm³/mol. The zero-order valence-electron chi connectivity index (χ0n) is 17.0. The van der Waals surface area contributed by atoms with Crippen LogP contribution < -0.4 is 5.69 Å². The van der Waals surface area contributed by atoms with Crippen molar-refractivity contribution in [3.05, 3.63) is 51.8 Å². The van der Waals surface area contributed by atoms with Gasteiger partial charge in [0.05, 0.1) is 12.3 Å². The molecule has 0 atom stereocenters. The van der Waals surface area contributed by atoms with Gasteiger partial charge in [-0.25, -0.2) is 4.79 Å². The second-order valence-electron chi connectivity index (χ2n) is 8.13. The van der Waals surface area contributed by atoms with Crippen LogP contribution in [0, 0.1) is 5.92 Å². The SMILES string of the molecule is CC1CCN(C(=O)CSc2nc(=O)n(Cc3cccnc3)c3c2CCCC3)CC1. The van der Waals surface area contributed by atoms with Gasteiger partial charge in [0.2, 0.25) is 5.91 Å². The van der Waals surface area contributed by atoms with Gasteiger partial charge in [-0.05, 0) is 56.1 Å². The zero-order valence-corrected chi connectivity index (χ0v) is 17.8. The van der Waals surface area contributed by atoms with E-state index >= 15 is 0 Å². The first kappa shape index (κ1) is 20.1. The number of aromatic nitrogens is 3. The van der Waals surface area contributed by atoms with Gasteiger partial charge >= 0.3 is 5.69 Å². The predicted octanol–water partition coefficient (Wildman–Crippen LogP) is 2.92. The van der Waals surface area contributed by atoms with E-state index in [-0.39, 0.29) is 11.6 Å². The van der Waals surface area contributed by atoms with Gasteiger partial charge in [-0.1, -0.05) is 24.8 Å². The highest BCUT2D eigenvalue weighted by Crippen LogP contribution is 2.29. The summed E-state index contributed by atoms with van der Waals surface area (Å²) in [7, 11) is 0. The monoisotopic (exact) mass is 412 g/mol. The van der Waals surface area contributed by atoms with E-state index in [9.17, 15) is 9.59 Å². The van der Waals surface area contributed by atoms with E-state index in [1.54, 1.807) is 17.0 Å². The Labute approximate surface area is 175 Å². The van der Waals surface area contributed by atoms with Crippen LogP contribution in [-0.4, -0.2) is 44.2 Å². The van der Waals surface area contributed by atoms with Gasteiger partial charge in [0.1, 0.15) is 5.03 Å². The summed E-state index contributed by atoms with van der Waals surface area (Å²) in [6.07, 6.45) is 9.68. The van der Waals surface area contributed by atoms with Crippen molar-refractivity contribution in [1.29, 1.82) is 0 Å².